The van der Waals surface area contributed by atoms with Crippen molar-refractivity contribution in [1.29, 1.82) is 5.26 Å². The van der Waals surface area contributed by atoms with E-state index in [4.69, 9.17) is 10.4 Å². The highest BCUT2D eigenvalue weighted by atomic mass is 16.4. The molecule has 0 bridgehead atoms. The van der Waals surface area contributed by atoms with E-state index in [-0.39, 0.29) is 23.6 Å². The minimum absolute atomic E-state index is 0.0739. The number of pyridine rings is 1. The first-order chi connectivity index (χ1) is 8.49. The number of nitriles is 1. The van der Waals surface area contributed by atoms with Crippen LogP contribution in [-0.4, -0.2) is 40.0 Å². The van der Waals surface area contributed by atoms with E-state index in [0.29, 0.717) is 0 Å². The van der Waals surface area contributed by atoms with E-state index in [0.717, 1.165) is 6.20 Å². The topological polar surface area (TPSA) is 94.3 Å². The Hall–Kier alpha value is -2.42. The molecule has 0 aliphatic carbocycles. The van der Waals surface area contributed by atoms with E-state index in [2.05, 4.69) is 4.98 Å². The fourth-order valence-electron chi connectivity index (χ4n) is 1.41. The largest absolute Gasteiger partial charge is 0.478 e. The summed E-state index contributed by atoms with van der Waals surface area (Å²) in [4.78, 5) is 28.1. The zero-order valence-electron chi connectivity index (χ0n) is 10.1. The Bertz CT molecular complexity index is 508. The van der Waals surface area contributed by atoms with Crippen molar-refractivity contribution in [3.8, 4) is 6.07 Å². The molecule has 94 valence electrons. The average Bonchev–Trinajstić information content (AvgIpc) is 2.37. The number of rotatable bonds is 4. The van der Waals surface area contributed by atoms with Crippen molar-refractivity contribution in [3.63, 3.8) is 0 Å². The van der Waals surface area contributed by atoms with Crippen LogP contribution < -0.4 is 0 Å². The maximum atomic E-state index is 12.1. The molecule has 0 saturated heterocycles. The number of carboxylic acid groups (broad SMARTS) is 1. The van der Waals surface area contributed by atoms with Crippen molar-refractivity contribution in [2.75, 3.05) is 7.05 Å². The molecule has 0 spiro atoms. The maximum Gasteiger partial charge on any atom is 0.338 e. The van der Waals surface area contributed by atoms with Gasteiger partial charge in [0.25, 0.3) is 5.91 Å². The Morgan fingerprint density at radius 2 is 2.22 bits per heavy atom. The molecule has 1 N–H and O–H groups in total. The van der Waals surface area contributed by atoms with Gasteiger partial charge < -0.3 is 10.0 Å². The standard InChI is InChI=1S/C12H13N3O3/c1-8(3-5-13)15(2)11(16)9-4-6-14-7-10(9)12(17)18/h4,6-8H,3H2,1-2H3,(H,17,18). The summed E-state index contributed by atoms with van der Waals surface area (Å²) in [5.74, 6) is -1.63. The predicted molar refractivity (Wildman–Crippen MR) is 63.0 cm³/mol. The Morgan fingerprint density at radius 3 is 2.78 bits per heavy atom. The van der Waals surface area contributed by atoms with Crippen LogP contribution in [0.25, 0.3) is 0 Å². The summed E-state index contributed by atoms with van der Waals surface area (Å²) in [6.07, 6.45) is 2.69. The molecule has 0 aliphatic rings. The van der Waals surface area contributed by atoms with Gasteiger partial charge in [0, 0.05) is 25.5 Å². The molecular formula is C12H13N3O3. The van der Waals surface area contributed by atoms with Gasteiger partial charge in [-0.2, -0.15) is 5.26 Å². The fraction of sp³-hybridized carbons (Fsp3) is 0.333. The van der Waals surface area contributed by atoms with Gasteiger partial charge in [-0.25, -0.2) is 4.79 Å². The van der Waals surface area contributed by atoms with Crippen LogP contribution in [-0.2, 0) is 0 Å². The molecule has 6 heteroatoms. The Kier molecular flexibility index (Phi) is 4.38. The van der Waals surface area contributed by atoms with E-state index in [1.807, 2.05) is 6.07 Å². The van der Waals surface area contributed by atoms with Crippen LogP contribution in [0.3, 0.4) is 0 Å². The first-order valence-electron chi connectivity index (χ1n) is 5.30. The van der Waals surface area contributed by atoms with Crippen molar-refractivity contribution in [3.05, 3.63) is 29.6 Å². The van der Waals surface area contributed by atoms with Gasteiger partial charge in [0.1, 0.15) is 0 Å². The second-order valence-corrected chi connectivity index (χ2v) is 3.85. The molecule has 1 aromatic rings. The van der Waals surface area contributed by atoms with Gasteiger partial charge >= 0.3 is 5.97 Å². The minimum Gasteiger partial charge on any atom is -0.478 e. The normalized spacial score (nSPS) is 11.4. The van der Waals surface area contributed by atoms with Gasteiger partial charge in [0.2, 0.25) is 0 Å². The van der Waals surface area contributed by atoms with E-state index in [1.165, 1.54) is 24.2 Å². The van der Waals surface area contributed by atoms with Gasteiger partial charge in [-0.3, -0.25) is 9.78 Å². The number of carbonyl (C=O) groups is 2. The lowest BCUT2D eigenvalue weighted by atomic mass is 10.1. The molecule has 18 heavy (non-hydrogen) atoms. The number of amides is 1. The SMILES string of the molecule is CC(CC#N)N(C)C(=O)c1ccncc1C(=O)O. The first-order valence-corrected chi connectivity index (χ1v) is 5.30. The number of aromatic nitrogens is 1. The fourth-order valence-corrected chi connectivity index (χ4v) is 1.41. The highest BCUT2D eigenvalue weighted by molar-refractivity contribution is 6.04. The molecule has 1 aromatic heterocycles. The molecule has 0 fully saturated rings. The third-order valence-electron chi connectivity index (χ3n) is 2.65. The predicted octanol–water partition coefficient (Wildman–Crippen LogP) is 1.15. The van der Waals surface area contributed by atoms with Crippen molar-refractivity contribution >= 4 is 11.9 Å². The summed E-state index contributed by atoms with van der Waals surface area (Å²) in [7, 11) is 1.54. The van der Waals surface area contributed by atoms with Crippen LogP contribution in [0.5, 0.6) is 0 Å². The van der Waals surface area contributed by atoms with Crippen LogP contribution in [0.1, 0.15) is 34.1 Å². The third-order valence-corrected chi connectivity index (χ3v) is 2.65. The first kappa shape index (κ1) is 13.6. The third kappa shape index (κ3) is 2.83. The van der Waals surface area contributed by atoms with Gasteiger partial charge in [-0.1, -0.05) is 0 Å². The molecule has 0 radical (unpaired) electrons. The highest BCUT2D eigenvalue weighted by Gasteiger charge is 2.22. The molecule has 1 heterocycles. The van der Waals surface area contributed by atoms with Crippen LogP contribution in [0.15, 0.2) is 18.5 Å². The Labute approximate surface area is 104 Å². The van der Waals surface area contributed by atoms with Gasteiger partial charge in [-0.05, 0) is 13.0 Å². The summed E-state index contributed by atoms with van der Waals surface area (Å²) in [5, 5.41) is 17.6. The van der Waals surface area contributed by atoms with Gasteiger partial charge in [0.05, 0.1) is 23.6 Å². The molecule has 6 nitrogen and oxygen atoms in total. The lowest BCUT2D eigenvalue weighted by molar-refractivity contribution is 0.0672. The number of aromatic carboxylic acids is 1. The number of hydrogen-bond donors (Lipinski definition) is 1. The average molecular weight is 247 g/mol. The zero-order valence-corrected chi connectivity index (χ0v) is 10.1. The van der Waals surface area contributed by atoms with Crippen LogP contribution in [0, 0.1) is 11.3 Å². The minimum atomic E-state index is -1.20. The number of hydrogen-bond acceptors (Lipinski definition) is 4. The van der Waals surface area contributed by atoms with Crippen molar-refractivity contribution in [2.24, 2.45) is 0 Å². The van der Waals surface area contributed by atoms with Crippen LogP contribution in [0.4, 0.5) is 0 Å². The molecule has 0 aromatic carbocycles. The summed E-state index contributed by atoms with van der Waals surface area (Å²) in [5.41, 5.74) is -0.0664. The molecule has 1 amide bonds. The van der Waals surface area contributed by atoms with Crippen LogP contribution in [0.2, 0.25) is 0 Å². The summed E-state index contributed by atoms with van der Waals surface area (Å²) in [6.45, 7) is 1.72. The highest BCUT2D eigenvalue weighted by Crippen LogP contribution is 2.12. The molecule has 1 atom stereocenters. The zero-order chi connectivity index (χ0) is 13.7. The second-order valence-electron chi connectivity index (χ2n) is 3.85. The quantitative estimate of drug-likeness (QED) is 0.861. The smallest absolute Gasteiger partial charge is 0.338 e. The van der Waals surface area contributed by atoms with E-state index in [1.54, 1.807) is 6.92 Å². The molecule has 1 rings (SSSR count). The Balaban J connectivity index is 3.04. The van der Waals surface area contributed by atoms with Gasteiger partial charge in [0.15, 0.2) is 0 Å². The Morgan fingerprint density at radius 1 is 1.56 bits per heavy atom. The summed E-state index contributed by atoms with van der Waals surface area (Å²) >= 11 is 0. The monoisotopic (exact) mass is 247 g/mol. The molecule has 1 unspecified atom stereocenters. The maximum absolute atomic E-state index is 12.1. The number of carbonyl (C=O) groups excluding carboxylic acids is 1. The second kappa shape index (κ2) is 5.77. The van der Waals surface area contributed by atoms with Crippen LogP contribution >= 0.6 is 0 Å². The lowest BCUT2D eigenvalue weighted by Crippen LogP contribution is -2.35. The van der Waals surface area contributed by atoms with E-state index < -0.39 is 11.9 Å². The van der Waals surface area contributed by atoms with Gasteiger partial charge in [-0.15, -0.1) is 0 Å². The number of carboxylic acids is 1. The molecular weight excluding hydrogens is 234 g/mol. The van der Waals surface area contributed by atoms with Crippen molar-refractivity contribution < 1.29 is 14.7 Å². The molecule has 0 saturated carbocycles. The molecule has 0 aliphatic heterocycles. The summed E-state index contributed by atoms with van der Waals surface area (Å²) in [6, 6.07) is 3.05. The number of nitrogens with zero attached hydrogens (tertiary/aromatic N) is 3. The van der Waals surface area contributed by atoms with Crippen molar-refractivity contribution in [2.45, 2.75) is 19.4 Å². The van der Waals surface area contributed by atoms with E-state index in [9.17, 15) is 9.59 Å². The van der Waals surface area contributed by atoms with E-state index >= 15 is 0 Å². The lowest BCUT2D eigenvalue weighted by Gasteiger charge is -2.23. The van der Waals surface area contributed by atoms with Crippen molar-refractivity contribution in [1.82, 2.24) is 9.88 Å². The summed E-state index contributed by atoms with van der Waals surface area (Å²) < 4.78 is 0.